The third-order valence-corrected chi connectivity index (χ3v) is 5.20. The fourth-order valence-corrected chi connectivity index (χ4v) is 3.46. The number of thioether (sulfide) groups is 1. The van der Waals surface area contributed by atoms with E-state index in [1.54, 1.807) is 13.0 Å². The molecule has 0 aliphatic rings. The maximum absolute atomic E-state index is 12.6. The van der Waals surface area contributed by atoms with Gasteiger partial charge in [0, 0.05) is 16.7 Å². The molecule has 0 amide bonds. The van der Waals surface area contributed by atoms with E-state index >= 15 is 0 Å². The Morgan fingerprint density at radius 1 is 1.12 bits per heavy atom. The van der Waals surface area contributed by atoms with Gasteiger partial charge in [0.05, 0.1) is 18.2 Å². The van der Waals surface area contributed by atoms with Gasteiger partial charge in [0.1, 0.15) is 18.1 Å². The second-order valence-electron chi connectivity index (χ2n) is 6.55. The van der Waals surface area contributed by atoms with Gasteiger partial charge in [0.15, 0.2) is 6.61 Å². The number of ether oxygens (including phenoxy) is 3. The second kappa shape index (κ2) is 12.1. The summed E-state index contributed by atoms with van der Waals surface area (Å²) in [6.45, 7) is 3.77. The van der Waals surface area contributed by atoms with E-state index in [2.05, 4.69) is 0 Å². The Morgan fingerprint density at radius 3 is 2.44 bits per heavy atom. The average molecular weight is 465 g/mol. The van der Waals surface area contributed by atoms with E-state index in [-0.39, 0.29) is 25.6 Å². The highest BCUT2D eigenvalue weighted by molar-refractivity contribution is 7.99. The van der Waals surface area contributed by atoms with E-state index in [1.165, 1.54) is 30.0 Å². The van der Waals surface area contributed by atoms with Crippen LogP contribution in [0.4, 0.5) is 13.2 Å². The van der Waals surface area contributed by atoms with Gasteiger partial charge in [-0.2, -0.15) is 18.4 Å². The first kappa shape index (κ1) is 25.1. The number of carbonyl (C=O) groups is 1. The summed E-state index contributed by atoms with van der Waals surface area (Å²) in [5.41, 5.74) is 0.766. The largest absolute Gasteiger partial charge is 0.489 e. The molecule has 0 radical (unpaired) electrons. The summed E-state index contributed by atoms with van der Waals surface area (Å²) >= 11 is 1.47. The summed E-state index contributed by atoms with van der Waals surface area (Å²) < 4.78 is 53.7. The van der Waals surface area contributed by atoms with Crippen LogP contribution >= 0.6 is 11.8 Å². The van der Waals surface area contributed by atoms with Crippen molar-refractivity contribution in [2.75, 3.05) is 25.6 Å². The van der Waals surface area contributed by atoms with Gasteiger partial charge < -0.3 is 14.2 Å². The molecule has 0 spiro atoms. The van der Waals surface area contributed by atoms with Crippen molar-refractivity contribution in [1.82, 2.24) is 0 Å². The molecule has 2 aromatic carbocycles. The van der Waals surface area contributed by atoms with Gasteiger partial charge in [0.25, 0.3) is 0 Å². The number of aryl methyl sites for hydroxylation is 1. The van der Waals surface area contributed by atoms with Crippen molar-refractivity contribution in [3.8, 4) is 17.6 Å². The van der Waals surface area contributed by atoms with Gasteiger partial charge in [-0.15, -0.1) is 11.8 Å². The number of halogens is 3. The summed E-state index contributed by atoms with van der Waals surface area (Å²) in [6.07, 6.45) is -3.04. The van der Waals surface area contributed by atoms with Gasteiger partial charge in [-0.25, -0.2) is 4.79 Å². The van der Waals surface area contributed by atoms with Crippen LogP contribution in [0.1, 0.15) is 18.1 Å². The lowest BCUT2D eigenvalue weighted by molar-refractivity contribution is -0.145. The van der Waals surface area contributed by atoms with Crippen molar-refractivity contribution < 1.29 is 32.2 Å². The number of hydrogen-bond acceptors (Lipinski definition) is 6. The van der Waals surface area contributed by atoms with Crippen LogP contribution in [0.25, 0.3) is 0 Å². The van der Waals surface area contributed by atoms with E-state index < -0.39 is 17.7 Å². The maximum Gasteiger partial charge on any atom is 0.416 e. The van der Waals surface area contributed by atoms with Crippen molar-refractivity contribution in [1.29, 1.82) is 5.26 Å². The molecule has 0 heterocycles. The van der Waals surface area contributed by atoms with Crippen LogP contribution in [0.15, 0.2) is 59.0 Å². The van der Waals surface area contributed by atoms with Crippen molar-refractivity contribution in [3.05, 3.63) is 65.2 Å². The first-order valence-electron chi connectivity index (χ1n) is 9.62. The van der Waals surface area contributed by atoms with Crippen molar-refractivity contribution >= 4 is 17.7 Å². The smallest absolute Gasteiger partial charge is 0.416 e. The Morgan fingerprint density at radius 2 is 1.84 bits per heavy atom. The van der Waals surface area contributed by atoms with Gasteiger partial charge in [-0.05, 0) is 67.4 Å². The summed E-state index contributed by atoms with van der Waals surface area (Å²) in [4.78, 5) is 12.3. The van der Waals surface area contributed by atoms with Crippen molar-refractivity contribution in [2.45, 2.75) is 24.9 Å². The minimum absolute atomic E-state index is 0.0750. The number of carbonyl (C=O) groups excluding carboxylic acids is 1. The lowest BCUT2D eigenvalue weighted by Gasteiger charge is -2.12. The Labute approximate surface area is 188 Å². The SMILES string of the molecule is CCOC(=O)COc1ccc(SC/C(=C\C#N)COc2ccc(C(F)(F)F)cc2)cc1C. The second-order valence-corrected chi connectivity index (χ2v) is 7.60. The number of hydrogen-bond donors (Lipinski definition) is 0. The average Bonchev–Trinajstić information content (AvgIpc) is 2.75. The first-order valence-corrected chi connectivity index (χ1v) is 10.6. The Bertz CT molecular complexity index is 982. The van der Waals surface area contributed by atoms with Crippen LogP contribution in [0.3, 0.4) is 0 Å². The van der Waals surface area contributed by atoms with E-state index in [0.717, 1.165) is 22.6 Å². The van der Waals surface area contributed by atoms with E-state index in [0.29, 0.717) is 17.1 Å². The van der Waals surface area contributed by atoms with Crippen molar-refractivity contribution in [3.63, 3.8) is 0 Å². The molecule has 2 aromatic rings. The third-order valence-electron chi connectivity index (χ3n) is 4.10. The summed E-state index contributed by atoms with van der Waals surface area (Å²) in [6, 6.07) is 11.8. The monoisotopic (exact) mass is 465 g/mol. The molecule has 0 unspecified atom stereocenters. The topological polar surface area (TPSA) is 68.5 Å². The van der Waals surface area contributed by atoms with Gasteiger partial charge in [-0.1, -0.05) is 0 Å². The third kappa shape index (κ3) is 8.19. The fourth-order valence-electron chi connectivity index (χ4n) is 2.52. The van der Waals surface area contributed by atoms with Gasteiger partial charge in [-0.3, -0.25) is 0 Å². The fraction of sp³-hybridized carbons (Fsp3) is 0.304. The van der Waals surface area contributed by atoms with E-state index in [4.69, 9.17) is 19.5 Å². The zero-order valence-electron chi connectivity index (χ0n) is 17.6. The molecule has 170 valence electrons. The molecule has 0 fully saturated rings. The van der Waals surface area contributed by atoms with E-state index in [9.17, 15) is 18.0 Å². The number of nitrogens with zero attached hydrogens (tertiary/aromatic N) is 1. The normalized spacial score (nSPS) is 11.6. The highest BCUT2D eigenvalue weighted by atomic mass is 32.2. The van der Waals surface area contributed by atoms with Crippen LogP contribution in [0.5, 0.6) is 11.5 Å². The quantitative estimate of drug-likeness (QED) is 0.259. The highest BCUT2D eigenvalue weighted by Crippen LogP contribution is 2.31. The molecule has 5 nitrogen and oxygen atoms in total. The molecule has 0 aliphatic heterocycles. The molecular weight excluding hydrogens is 443 g/mol. The Kier molecular flexibility index (Phi) is 9.47. The number of esters is 1. The minimum Gasteiger partial charge on any atom is -0.489 e. The molecule has 0 aromatic heterocycles. The number of allylic oxidation sites excluding steroid dienone is 1. The van der Waals surface area contributed by atoms with Crippen LogP contribution < -0.4 is 9.47 Å². The highest BCUT2D eigenvalue weighted by Gasteiger charge is 2.30. The summed E-state index contributed by atoms with van der Waals surface area (Å²) in [5, 5.41) is 9.01. The number of nitriles is 1. The molecule has 0 N–H and O–H groups in total. The standard InChI is InChI=1S/C23H22F3NO4S/c1-3-29-22(28)14-31-21-9-8-20(12-16(21)2)32-15-17(10-11-27)13-30-19-6-4-18(5-7-19)23(24,25)26/h4-10,12H,3,13-15H2,1-2H3/b17-10-. The molecule has 0 aliphatic carbocycles. The molecule has 0 saturated heterocycles. The molecule has 32 heavy (non-hydrogen) atoms. The van der Waals surface area contributed by atoms with Gasteiger partial charge >= 0.3 is 12.1 Å². The first-order chi connectivity index (χ1) is 15.2. The zero-order chi connectivity index (χ0) is 23.6. The lowest BCUT2D eigenvalue weighted by Crippen LogP contribution is -2.14. The van der Waals surface area contributed by atoms with Gasteiger partial charge in [0.2, 0.25) is 0 Å². The zero-order valence-corrected chi connectivity index (χ0v) is 18.4. The molecule has 0 bridgehead atoms. The Hall–Kier alpha value is -3.12. The lowest BCUT2D eigenvalue weighted by atomic mass is 10.2. The van der Waals surface area contributed by atoms with Crippen LogP contribution in [-0.4, -0.2) is 31.5 Å². The summed E-state index contributed by atoms with van der Waals surface area (Å²) in [5.74, 6) is 0.868. The molecule has 0 atom stereocenters. The molecule has 0 saturated carbocycles. The maximum atomic E-state index is 12.6. The van der Waals surface area contributed by atoms with Crippen LogP contribution in [-0.2, 0) is 15.7 Å². The minimum atomic E-state index is -4.40. The number of benzene rings is 2. The molecular formula is C23H22F3NO4S. The molecule has 9 heteroatoms. The number of alkyl halides is 3. The number of rotatable bonds is 10. The predicted molar refractivity (Wildman–Crippen MR) is 115 cm³/mol. The Balaban J connectivity index is 1.91. The molecule has 2 rings (SSSR count). The van der Waals surface area contributed by atoms with Crippen LogP contribution in [0, 0.1) is 18.3 Å². The summed E-state index contributed by atoms with van der Waals surface area (Å²) in [7, 11) is 0. The van der Waals surface area contributed by atoms with Crippen LogP contribution in [0.2, 0.25) is 0 Å². The van der Waals surface area contributed by atoms with E-state index in [1.807, 2.05) is 25.1 Å². The predicted octanol–water partition coefficient (Wildman–Crippen LogP) is 5.58. The van der Waals surface area contributed by atoms with Crippen molar-refractivity contribution in [2.24, 2.45) is 0 Å².